The maximum atomic E-state index is 12.3. The van der Waals surface area contributed by atoms with Gasteiger partial charge >= 0.3 is 0 Å². The van der Waals surface area contributed by atoms with Gasteiger partial charge in [-0.25, -0.2) is 4.85 Å². The van der Waals surface area contributed by atoms with Crippen molar-refractivity contribution in [3.8, 4) is 0 Å². The summed E-state index contributed by atoms with van der Waals surface area (Å²) in [5, 5.41) is 2.69. The first-order valence-corrected chi connectivity index (χ1v) is 6.29. The predicted molar refractivity (Wildman–Crippen MR) is 79.6 cm³/mol. The molecule has 21 heavy (non-hydrogen) atoms. The monoisotopic (exact) mass is 279 g/mol. The molecule has 0 bridgehead atoms. The lowest BCUT2D eigenvalue weighted by atomic mass is 10.1. The van der Waals surface area contributed by atoms with E-state index in [0.29, 0.717) is 11.4 Å². The lowest BCUT2D eigenvalue weighted by Gasteiger charge is -2.10. The standard InChI is InChI=1S/C16H13N3O2/c1-10-14(17-3)9-13(15(18-10)11(2)20)16(21)19-12-7-5-4-6-8-12/h4-9H,1-2H3,(H,19,21). The Labute approximate surface area is 122 Å². The molecule has 1 aromatic heterocycles. The first-order chi connectivity index (χ1) is 10.0. The van der Waals surface area contributed by atoms with E-state index in [-0.39, 0.29) is 22.7 Å². The maximum Gasteiger partial charge on any atom is 0.256 e. The van der Waals surface area contributed by atoms with Crippen molar-refractivity contribution >= 4 is 23.1 Å². The van der Waals surface area contributed by atoms with E-state index < -0.39 is 5.91 Å². The Morgan fingerprint density at radius 3 is 2.48 bits per heavy atom. The molecule has 0 spiro atoms. The summed E-state index contributed by atoms with van der Waals surface area (Å²) in [7, 11) is 0. The number of benzene rings is 1. The number of aromatic nitrogens is 1. The number of carbonyl (C=O) groups excluding carboxylic acids is 2. The van der Waals surface area contributed by atoms with Gasteiger partial charge in [0.25, 0.3) is 5.91 Å². The number of carbonyl (C=O) groups is 2. The number of hydrogen-bond acceptors (Lipinski definition) is 3. The number of nitrogens with zero attached hydrogens (tertiary/aromatic N) is 2. The minimum atomic E-state index is -0.455. The van der Waals surface area contributed by atoms with E-state index in [0.717, 1.165) is 0 Å². The molecule has 0 saturated carbocycles. The van der Waals surface area contributed by atoms with Gasteiger partial charge in [-0.05, 0) is 25.1 Å². The van der Waals surface area contributed by atoms with E-state index in [1.165, 1.54) is 13.0 Å². The Hall–Kier alpha value is -3.00. The molecule has 1 aromatic carbocycles. The molecule has 0 unspecified atom stereocenters. The number of ketones is 1. The van der Waals surface area contributed by atoms with Gasteiger partial charge in [-0.2, -0.15) is 0 Å². The number of para-hydroxylation sites is 1. The smallest absolute Gasteiger partial charge is 0.256 e. The van der Waals surface area contributed by atoms with Gasteiger partial charge in [-0.1, -0.05) is 18.2 Å². The van der Waals surface area contributed by atoms with E-state index in [1.54, 1.807) is 31.2 Å². The van der Waals surface area contributed by atoms with Crippen molar-refractivity contribution in [3.05, 3.63) is 64.8 Å². The largest absolute Gasteiger partial charge is 0.322 e. The molecule has 1 heterocycles. The number of pyridine rings is 1. The molecule has 0 aliphatic heterocycles. The number of amides is 1. The Morgan fingerprint density at radius 2 is 1.90 bits per heavy atom. The molecule has 0 fully saturated rings. The summed E-state index contributed by atoms with van der Waals surface area (Å²) in [5.41, 5.74) is 1.50. The molecule has 1 amide bonds. The van der Waals surface area contributed by atoms with Crippen LogP contribution in [0.1, 0.15) is 33.5 Å². The normalized spacial score (nSPS) is 9.76. The number of Topliss-reactive ketones (excluding diaryl/α,β-unsaturated/α-hetero) is 1. The third kappa shape index (κ3) is 3.12. The summed E-state index contributed by atoms with van der Waals surface area (Å²) in [6.07, 6.45) is 0. The van der Waals surface area contributed by atoms with Gasteiger partial charge in [0.2, 0.25) is 5.69 Å². The number of rotatable bonds is 3. The molecule has 2 rings (SSSR count). The highest BCUT2D eigenvalue weighted by molar-refractivity contribution is 6.11. The average molecular weight is 279 g/mol. The second kappa shape index (κ2) is 5.97. The summed E-state index contributed by atoms with van der Waals surface area (Å²) in [4.78, 5) is 31.4. The highest BCUT2D eigenvalue weighted by atomic mass is 16.2. The van der Waals surface area contributed by atoms with Crippen LogP contribution in [-0.2, 0) is 0 Å². The van der Waals surface area contributed by atoms with Crippen molar-refractivity contribution in [2.24, 2.45) is 0 Å². The second-order valence-electron chi connectivity index (χ2n) is 4.48. The van der Waals surface area contributed by atoms with E-state index in [4.69, 9.17) is 6.57 Å². The number of hydrogen-bond donors (Lipinski definition) is 1. The van der Waals surface area contributed by atoms with E-state index in [1.807, 2.05) is 6.07 Å². The minimum Gasteiger partial charge on any atom is -0.322 e. The van der Waals surface area contributed by atoms with Crippen LogP contribution in [0.15, 0.2) is 36.4 Å². The fraction of sp³-hybridized carbons (Fsp3) is 0.125. The van der Waals surface area contributed by atoms with Crippen molar-refractivity contribution in [3.63, 3.8) is 0 Å². The van der Waals surface area contributed by atoms with Crippen LogP contribution in [-0.4, -0.2) is 16.7 Å². The molecular formula is C16H13N3O2. The molecule has 1 N–H and O–H groups in total. The Bertz CT molecular complexity index is 746. The zero-order valence-electron chi connectivity index (χ0n) is 11.7. The SMILES string of the molecule is [C-]#[N+]c1cc(C(=O)Nc2ccccc2)c(C(C)=O)nc1C. The highest BCUT2D eigenvalue weighted by Crippen LogP contribution is 2.22. The third-order valence-electron chi connectivity index (χ3n) is 2.92. The molecule has 5 heteroatoms. The summed E-state index contributed by atoms with van der Waals surface area (Å²) >= 11 is 0. The molecule has 5 nitrogen and oxygen atoms in total. The van der Waals surface area contributed by atoms with Crippen molar-refractivity contribution in [1.29, 1.82) is 0 Å². The van der Waals surface area contributed by atoms with Gasteiger partial charge in [0.1, 0.15) is 5.69 Å². The fourth-order valence-electron chi connectivity index (χ4n) is 1.87. The summed E-state index contributed by atoms with van der Waals surface area (Å²) < 4.78 is 0. The number of nitrogens with one attached hydrogen (secondary N) is 1. The molecule has 0 aliphatic rings. The van der Waals surface area contributed by atoms with Crippen LogP contribution in [0.4, 0.5) is 11.4 Å². The molecule has 0 saturated heterocycles. The van der Waals surface area contributed by atoms with Crippen LogP contribution >= 0.6 is 0 Å². The fourth-order valence-corrected chi connectivity index (χ4v) is 1.87. The first-order valence-electron chi connectivity index (χ1n) is 6.29. The van der Waals surface area contributed by atoms with Gasteiger partial charge in [-0.3, -0.25) is 14.6 Å². The van der Waals surface area contributed by atoms with E-state index in [9.17, 15) is 9.59 Å². The predicted octanol–water partition coefficient (Wildman–Crippen LogP) is 3.40. The number of aryl methyl sites for hydroxylation is 1. The van der Waals surface area contributed by atoms with Crippen LogP contribution in [0.3, 0.4) is 0 Å². The molecule has 0 radical (unpaired) electrons. The topological polar surface area (TPSA) is 63.4 Å². The zero-order chi connectivity index (χ0) is 15.4. The van der Waals surface area contributed by atoms with Gasteiger partial charge < -0.3 is 5.32 Å². The van der Waals surface area contributed by atoms with E-state index in [2.05, 4.69) is 15.1 Å². The van der Waals surface area contributed by atoms with Crippen molar-refractivity contribution < 1.29 is 9.59 Å². The van der Waals surface area contributed by atoms with Crippen LogP contribution in [0.5, 0.6) is 0 Å². The summed E-state index contributed by atoms with van der Waals surface area (Å²) in [5.74, 6) is -0.767. The average Bonchev–Trinajstić information content (AvgIpc) is 2.47. The van der Waals surface area contributed by atoms with Crippen molar-refractivity contribution in [1.82, 2.24) is 4.98 Å². The summed E-state index contributed by atoms with van der Waals surface area (Å²) in [6.45, 7) is 10.1. The quantitative estimate of drug-likeness (QED) is 0.692. The summed E-state index contributed by atoms with van der Waals surface area (Å²) in [6, 6.07) is 10.3. The Morgan fingerprint density at radius 1 is 1.24 bits per heavy atom. The molecular weight excluding hydrogens is 266 g/mol. The van der Waals surface area contributed by atoms with Crippen LogP contribution < -0.4 is 5.32 Å². The highest BCUT2D eigenvalue weighted by Gasteiger charge is 2.18. The maximum absolute atomic E-state index is 12.3. The zero-order valence-corrected chi connectivity index (χ0v) is 11.7. The lowest BCUT2D eigenvalue weighted by Crippen LogP contribution is -2.17. The molecule has 2 aromatic rings. The van der Waals surface area contributed by atoms with Gasteiger partial charge in [0.15, 0.2) is 5.78 Å². The Balaban J connectivity index is 2.44. The Kier molecular flexibility index (Phi) is 4.10. The first kappa shape index (κ1) is 14.4. The van der Waals surface area contributed by atoms with Crippen LogP contribution in [0.2, 0.25) is 0 Å². The van der Waals surface area contributed by atoms with E-state index >= 15 is 0 Å². The van der Waals surface area contributed by atoms with Crippen LogP contribution in [0.25, 0.3) is 4.85 Å². The molecule has 0 aliphatic carbocycles. The third-order valence-corrected chi connectivity index (χ3v) is 2.92. The van der Waals surface area contributed by atoms with Crippen molar-refractivity contribution in [2.75, 3.05) is 5.32 Å². The molecule has 104 valence electrons. The molecule has 0 atom stereocenters. The van der Waals surface area contributed by atoms with Gasteiger partial charge in [0.05, 0.1) is 12.1 Å². The van der Waals surface area contributed by atoms with Crippen LogP contribution in [0, 0.1) is 13.5 Å². The van der Waals surface area contributed by atoms with Gasteiger partial charge in [-0.15, -0.1) is 0 Å². The number of anilines is 1. The van der Waals surface area contributed by atoms with Crippen molar-refractivity contribution in [2.45, 2.75) is 13.8 Å². The lowest BCUT2D eigenvalue weighted by molar-refractivity contribution is 0.0981. The van der Waals surface area contributed by atoms with Gasteiger partial charge in [0, 0.05) is 18.3 Å². The second-order valence-corrected chi connectivity index (χ2v) is 4.48. The minimum absolute atomic E-state index is 0.0772.